The number of furan rings is 1. The minimum Gasteiger partial charge on any atom is -0.460 e. The fraction of sp³-hybridized carbons (Fsp3) is 0.500. The van der Waals surface area contributed by atoms with Crippen molar-refractivity contribution in [1.29, 1.82) is 0 Å². The Morgan fingerprint density at radius 3 is 2.69 bits per heavy atom. The Morgan fingerprint density at radius 2 is 2.15 bits per heavy atom. The average molecular weight is 200 g/mol. The first-order chi connectivity index (χ1) is 5.96. The number of hydrogen-bond acceptors (Lipinski definition) is 4. The van der Waals surface area contributed by atoms with E-state index in [-0.39, 0.29) is 0 Å². The fourth-order valence-corrected chi connectivity index (χ4v) is 3.22. The first-order valence-corrected chi connectivity index (χ1v) is 5.43. The quantitative estimate of drug-likeness (QED) is 0.588. The van der Waals surface area contributed by atoms with Crippen molar-refractivity contribution in [2.75, 3.05) is 0 Å². The average Bonchev–Trinajstić information content (AvgIpc) is 2.53. The van der Waals surface area contributed by atoms with Crippen molar-refractivity contribution in [1.82, 2.24) is 0 Å². The molecule has 1 aromatic heterocycles. The number of hydrogen-bond donors (Lipinski definition) is 0. The smallest absolute Gasteiger partial charge is 0.322 e. The molecule has 0 saturated carbocycles. The molecule has 1 aromatic rings. The largest absolute Gasteiger partial charge is 0.460 e. The molecule has 13 heavy (non-hydrogen) atoms. The molecule has 0 aliphatic carbocycles. The molecule has 3 rings (SSSR count). The first-order valence-electron chi connectivity index (χ1n) is 4.02. The maximum atomic E-state index is 11.6. The van der Waals surface area contributed by atoms with E-state index in [9.17, 15) is 8.42 Å². The topological polar surface area (TPSA) is 56.5 Å². The van der Waals surface area contributed by atoms with Gasteiger partial charge in [0.15, 0.2) is 16.3 Å². The molecule has 5 heteroatoms. The third kappa shape index (κ3) is 0.561. The van der Waals surface area contributed by atoms with Crippen LogP contribution >= 0.6 is 0 Å². The SMILES string of the molecule is Cc1c2oc3c1OS(=O)(=O)C3(C)C2. The van der Waals surface area contributed by atoms with E-state index in [0.717, 1.165) is 11.3 Å². The van der Waals surface area contributed by atoms with Gasteiger partial charge in [-0.2, -0.15) is 8.42 Å². The highest BCUT2D eigenvalue weighted by Crippen LogP contribution is 2.55. The Bertz CT molecular complexity index is 510. The van der Waals surface area contributed by atoms with Gasteiger partial charge in [-0.3, -0.25) is 0 Å². The lowest BCUT2D eigenvalue weighted by molar-refractivity contribution is 0.477. The highest BCUT2D eigenvalue weighted by molar-refractivity contribution is 7.88. The van der Waals surface area contributed by atoms with Crippen LogP contribution in [0.2, 0.25) is 0 Å². The third-order valence-electron chi connectivity index (χ3n) is 2.91. The summed E-state index contributed by atoms with van der Waals surface area (Å²) in [7, 11) is -3.50. The molecule has 3 heterocycles. The van der Waals surface area contributed by atoms with Gasteiger partial charge in [-0.05, 0) is 13.8 Å². The third-order valence-corrected chi connectivity index (χ3v) is 4.73. The maximum absolute atomic E-state index is 11.6. The van der Waals surface area contributed by atoms with Gasteiger partial charge in [0.25, 0.3) is 0 Å². The van der Waals surface area contributed by atoms with Crippen LogP contribution in [0.5, 0.6) is 5.75 Å². The Hall–Kier alpha value is -0.970. The summed E-state index contributed by atoms with van der Waals surface area (Å²) in [6.07, 6.45) is 0.417. The molecule has 0 fully saturated rings. The number of rotatable bonds is 0. The molecule has 4 nitrogen and oxygen atoms in total. The Morgan fingerprint density at radius 1 is 1.46 bits per heavy atom. The molecule has 0 saturated heterocycles. The predicted molar refractivity (Wildman–Crippen MR) is 44.0 cm³/mol. The highest BCUT2D eigenvalue weighted by Gasteiger charge is 2.60. The van der Waals surface area contributed by atoms with Gasteiger partial charge in [-0.25, -0.2) is 0 Å². The monoisotopic (exact) mass is 200 g/mol. The second kappa shape index (κ2) is 1.64. The summed E-state index contributed by atoms with van der Waals surface area (Å²) < 4.78 is 32.5. The van der Waals surface area contributed by atoms with Crippen molar-refractivity contribution < 1.29 is 17.0 Å². The molecule has 0 radical (unpaired) electrons. The van der Waals surface area contributed by atoms with Crippen LogP contribution in [-0.4, -0.2) is 8.42 Å². The Labute approximate surface area is 75.6 Å². The summed E-state index contributed by atoms with van der Waals surface area (Å²) in [6.45, 7) is 3.46. The Balaban J connectivity index is 2.45. The summed E-state index contributed by atoms with van der Waals surface area (Å²) in [5.41, 5.74) is 0.827. The summed E-state index contributed by atoms with van der Waals surface area (Å²) >= 11 is 0. The molecule has 0 amide bonds. The van der Waals surface area contributed by atoms with E-state index in [2.05, 4.69) is 0 Å². The molecule has 70 valence electrons. The molecule has 0 N–H and O–H groups in total. The molecule has 2 bridgehead atoms. The van der Waals surface area contributed by atoms with Crippen molar-refractivity contribution in [3.8, 4) is 5.75 Å². The van der Waals surface area contributed by atoms with E-state index < -0.39 is 14.9 Å². The van der Waals surface area contributed by atoms with Gasteiger partial charge in [0.05, 0.1) is 0 Å². The Kier molecular flexibility index (Phi) is 0.937. The van der Waals surface area contributed by atoms with Gasteiger partial charge >= 0.3 is 10.1 Å². The number of fused-ring (bicyclic) bond motifs is 1. The van der Waals surface area contributed by atoms with Gasteiger partial charge in [-0.1, -0.05) is 0 Å². The van der Waals surface area contributed by atoms with Gasteiger partial charge in [0.2, 0.25) is 0 Å². The van der Waals surface area contributed by atoms with E-state index in [4.69, 9.17) is 8.60 Å². The molecule has 2 aliphatic heterocycles. The van der Waals surface area contributed by atoms with Crippen molar-refractivity contribution in [3.05, 3.63) is 17.1 Å². The zero-order valence-electron chi connectivity index (χ0n) is 7.25. The van der Waals surface area contributed by atoms with E-state index in [1.807, 2.05) is 6.92 Å². The normalized spacial score (nSPS) is 32.2. The van der Waals surface area contributed by atoms with E-state index in [1.165, 1.54) is 0 Å². The van der Waals surface area contributed by atoms with Crippen LogP contribution in [0.3, 0.4) is 0 Å². The molecule has 0 spiro atoms. The van der Waals surface area contributed by atoms with Crippen LogP contribution in [-0.2, 0) is 21.3 Å². The van der Waals surface area contributed by atoms with E-state index >= 15 is 0 Å². The zero-order chi connectivity index (χ0) is 9.43. The van der Waals surface area contributed by atoms with Crippen molar-refractivity contribution >= 4 is 10.1 Å². The van der Waals surface area contributed by atoms with Crippen LogP contribution in [0.25, 0.3) is 0 Å². The first kappa shape index (κ1) is 7.44. The minimum absolute atomic E-state index is 0.417. The maximum Gasteiger partial charge on any atom is 0.322 e. The predicted octanol–water partition coefficient (Wildman–Crippen LogP) is 1.08. The van der Waals surface area contributed by atoms with Gasteiger partial charge in [0.1, 0.15) is 5.76 Å². The van der Waals surface area contributed by atoms with Crippen molar-refractivity contribution in [2.45, 2.75) is 25.0 Å². The minimum atomic E-state index is -3.50. The van der Waals surface area contributed by atoms with Crippen LogP contribution < -0.4 is 4.18 Å². The summed E-state index contributed by atoms with van der Waals surface area (Å²) in [5.74, 6) is 1.65. The highest BCUT2D eigenvalue weighted by atomic mass is 32.2. The molecule has 1 unspecified atom stereocenters. The molecular formula is C8H8O4S. The standard InChI is InChI=1S/C8H8O4S/c1-4-5-3-8(2)7(11-5)6(4)12-13(8,9)10/h3H2,1-2H3. The lowest BCUT2D eigenvalue weighted by Crippen LogP contribution is -2.29. The van der Waals surface area contributed by atoms with Crippen LogP contribution in [0.15, 0.2) is 4.42 Å². The van der Waals surface area contributed by atoms with Crippen LogP contribution in [0.4, 0.5) is 0 Å². The summed E-state index contributed by atoms with van der Waals surface area (Å²) in [6, 6.07) is 0. The van der Waals surface area contributed by atoms with Gasteiger partial charge in [-0.15, -0.1) is 0 Å². The molecule has 0 aromatic carbocycles. The lowest BCUT2D eigenvalue weighted by atomic mass is 9.96. The fourth-order valence-electron chi connectivity index (χ4n) is 1.95. The van der Waals surface area contributed by atoms with Crippen molar-refractivity contribution in [2.24, 2.45) is 0 Å². The molecule has 1 atom stereocenters. The summed E-state index contributed by atoms with van der Waals surface area (Å²) in [5, 5.41) is 0. The van der Waals surface area contributed by atoms with E-state index in [1.54, 1.807) is 6.92 Å². The lowest BCUT2D eigenvalue weighted by Gasteiger charge is -2.12. The molecule has 2 aliphatic rings. The van der Waals surface area contributed by atoms with Crippen molar-refractivity contribution in [3.63, 3.8) is 0 Å². The van der Waals surface area contributed by atoms with Crippen LogP contribution in [0.1, 0.15) is 24.0 Å². The van der Waals surface area contributed by atoms with Crippen LogP contribution in [0, 0.1) is 6.92 Å². The van der Waals surface area contributed by atoms with Gasteiger partial charge < -0.3 is 8.60 Å². The van der Waals surface area contributed by atoms with Gasteiger partial charge in [0, 0.05) is 12.0 Å². The van der Waals surface area contributed by atoms with E-state index in [0.29, 0.717) is 17.9 Å². The second-order valence-electron chi connectivity index (χ2n) is 3.75. The summed E-state index contributed by atoms with van der Waals surface area (Å²) in [4.78, 5) is 0. The molecular weight excluding hydrogens is 192 g/mol. The zero-order valence-corrected chi connectivity index (χ0v) is 8.06. The second-order valence-corrected chi connectivity index (χ2v) is 5.73.